The standard InChI is InChI=1S/C25H29ClN4O4/c1-30-24(22(26)16-28-30)21-15-19(29-25(31)17-4-3-5-20(14-17)32-2)6-7-23(21)34-13-10-27-18-8-11-33-12-9-18/h3-7,14-16,18,27H,8-13H2,1-2H3,(H,29,31). The van der Waals surface area contributed by atoms with E-state index in [1.165, 1.54) is 0 Å². The molecule has 8 nitrogen and oxygen atoms in total. The number of hydrogen-bond donors (Lipinski definition) is 2. The van der Waals surface area contributed by atoms with Crippen molar-refractivity contribution in [3.8, 4) is 22.8 Å². The third-order valence-electron chi connectivity index (χ3n) is 5.73. The summed E-state index contributed by atoms with van der Waals surface area (Å²) in [5, 5.41) is 11.2. The molecule has 3 aromatic rings. The van der Waals surface area contributed by atoms with E-state index in [9.17, 15) is 4.79 Å². The fourth-order valence-electron chi connectivity index (χ4n) is 3.93. The topological polar surface area (TPSA) is 86.6 Å². The van der Waals surface area contributed by atoms with Crippen LogP contribution in [0.2, 0.25) is 5.02 Å². The number of aromatic nitrogens is 2. The summed E-state index contributed by atoms with van der Waals surface area (Å²) in [7, 11) is 3.39. The van der Waals surface area contributed by atoms with Gasteiger partial charge in [0.25, 0.3) is 5.91 Å². The first-order chi connectivity index (χ1) is 16.5. The molecule has 4 rings (SSSR count). The van der Waals surface area contributed by atoms with E-state index in [0.29, 0.717) is 46.1 Å². The zero-order valence-electron chi connectivity index (χ0n) is 19.3. The predicted molar refractivity (Wildman–Crippen MR) is 132 cm³/mol. The Balaban J connectivity index is 1.50. The van der Waals surface area contributed by atoms with Crippen molar-refractivity contribution in [2.24, 2.45) is 7.05 Å². The number of aryl methyl sites for hydroxylation is 1. The van der Waals surface area contributed by atoms with Crippen molar-refractivity contribution in [1.29, 1.82) is 0 Å². The van der Waals surface area contributed by atoms with E-state index < -0.39 is 0 Å². The van der Waals surface area contributed by atoms with Crippen LogP contribution < -0.4 is 20.1 Å². The van der Waals surface area contributed by atoms with E-state index in [1.54, 1.807) is 42.3 Å². The summed E-state index contributed by atoms with van der Waals surface area (Å²) < 4.78 is 18.4. The molecule has 0 bridgehead atoms. The molecule has 2 N–H and O–H groups in total. The molecular formula is C25H29ClN4O4. The van der Waals surface area contributed by atoms with Gasteiger partial charge in [0.2, 0.25) is 0 Å². The number of benzene rings is 2. The zero-order chi connectivity index (χ0) is 23.9. The van der Waals surface area contributed by atoms with Crippen molar-refractivity contribution in [2.45, 2.75) is 18.9 Å². The second-order valence-electron chi connectivity index (χ2n) is 8.05. The van der Waals surface area contributed by atoms with Crippen LogP contribution in [0, 0.1) is 0 Å². The minimum Gasteiger partial charge on any atom is -0.497 e. The molecule has 1 fully saturated rings. The van der Waals surface area contributed by atoms with E-state index in [2.05, 4.69) is 15.7 Å². The van der Waals surface area contributed by atoms with Crippen LogP contribution >= 0.6 is 11.6 Å². The number of hydrogen-bond acceptors (Lipinski definition) is 6. The first-order valence-electron chi connectivity index (χ1n) is 11.3. The van der Waals surface area contributed by atoms with Crippen molar-refractivity contribution in [1.82, 2.24) is 15.1 Å². The first-order valence-corrected chi connectivity index (χ1v) is 11.6. The van der Waals surface area contributed by atoms with E-state index >= 15 is 0 Å². The van der Waals surface area contributed by atoms with Gasteiger partial charge in [-0.1, -0.05) is 17.7 Å². The Bertz CT molecular complexity index is 1110. The smallest absolute Gasteiger partial charge is 0.255 e. The monoisotopic (exact) mass is 484 g/mol. The first kappa shape index (κ1) is 24.1. The fraction of sp³-hybridized carbons (Fsp3) is 0.360. The van der Waals surface area contributed by atoms with Gasteiger partial charge in [0.15, 0.2) is 0 Å². The molecule has 1 saturated heterocycles. The third kappa shape index (κ3) is 5.88. The maximum atomic E-state index is 12.8. The Hall–Kier alpha value is -3.07. The van der Waals surface area contributed by atoms with Gasteiger partial charge in [-0.3, -0.25) is 9.48 Å². The number of carbonyl (C=O) groups is 1. The highest BCUT2D eigenvalue weighted by Gasteiger charge is 2.17. The molecule has 180 valence electrons. The second kappa shape index (κ2) is 11.4. The molecule has 0 aliphatic carbocycles. The largest absolute Gasteiger partial charge is 0.497 e. The number of nitrogens with zero attached hydrogens (tertiary/aromatic N) is 2. The van der Waals surface area contributed by atoms with Crippen LogP contribution in [0.4, 0.5) is 5.69 Å². The summed E-state index contributed by atoms with van der Waals surface area (Å²) in [4.78, 5) is 12.8. The number of methoxy groups -OCH3 is 1. The second-order valence-corrected chi connectivity index (χ2v) is 8.46. The van der Waals surface area contributed by atoms with Gasteiger partial charge in [-0.2, -0.15) is 5.10 Å². The van der Waals surface area contributed by atoms with Crippen LogP contribution in [0.25, 0.3) is 11.3 Å². The molecule has 0 unspecified atom stereocenters. The molecule has 0 saturated carbocycles. The Labute approximate surface area is 204 Å². The highest BCUT2D eigenvalue weighted by atomic mass is 35.5. The predicted octanol–water partition coefficient (Wildman–Crippen LogP) is 4.15. The molecule has 34 heavy (non-hydrogen) atoms. The number of carbonyl (C=O) groups excluding carboxylic acids is 1. The maximum absolute atomic E-state index is 12.8. The summed E-state index contributed by atoms with van der Waals surface area (Å²) in [6.07, 6.45) is 3.62. The number of halogens is 1. The van der Waals surface area contributed by atoms with Gasteiger partial charge in [-0.25, -0.2) is 0 Å². The molecule has 2 heterocycles. The quantitative estimate of drug-likeness (QED) is 0.444. The molecule has 1 aliphatic heterocycles. The Morgan fingerprint density at radius 3 is 2.79 bits per heavy atom. The molecule has 1 aliphatic rings. The SMILES string of the molecule is COc1cccc(C(=O)Nc2ccc(OCCNC3CCOCC3)c(-c3c(Cl)cnn3C)c2)c1. The highest BCUT2D eigenvalue weighted by Crippen LogP contribution is 2.36. The lowest BCUT2D eigenvalue weighted by Crippen LogP contribution is -2.37. The fourth-order valence-corrected chi connectivity index (χ4v) is 4.19. The van der Waals surface area contributed by atoms with E-state index in [1.807, 2.05) is 25.2 Å². The van der Waals surface area contributed by atoms with E-state index in [0.717, 1.165) is 38.2 Å². The number of amides is 1. The van der Waals surface area contributed by atoms with E-state index in [4.69, 9.17) is 25.8 Å². The van der Waals surface area contributed by atoms with Crippen LogP contribution in [0.15, 0.2) is 48.7 Å². The highest BCUT2D eigenvalue weighted by molar-refractivity contribution is 6.33. The number of ether oxygens (including phenoxy) is 3. The average Bonchev–Trinajstić information content (AvgIpc) is 3.20. The molecule has 0 atom stereocenters. The Morgan fingerprint density at radius 1 is 1.24 bits per heavy atom. The molecule has 0 radical (unpaired) electrons. The van der Waals surface area contributed by atoms with Gasteiger partial charge in [-0.15, -0.1) is 0 Å². The minimum absolute atomic E-state index is 0.240. The van der Waals surface area contributed by atoms with Crippen molar-refractivity contribution >= 4 is 23.2 Å². The summed E-state index contributed by atoms with van der Waals surface area (Å²) in [5.41, 5.74) is 2.58. The van der Waals surface area contributed by atoms with Crippen LogP contribution in [-0.2, 0) is 11.8 Å². The summed E-state index contributed by atoms with van der Waals surface area (Å²) in [5.74, 6) is 1.04. The van der Waals surface area contributed by atoms with Crippen LogP contribution in [0.1, 0.15) is 23.2 Å². The van der Waals surface area contributed by atoms with Crippen LogP contribution in [-0.4, -0.2) is 55.2 Å². The van der Waals surface area contributed by atoms with Crippen molar-refractivity contribution in [3.05, 3.63) is 59.2 Å². The minimum atomic E-state index is -0.240. The Kier molecular flexibility index (Phi) is 8.05. The lowest BCUT2D eigenvalue weighted by atomic mass is 10.1. The number of nitrogens with one attached hydrogen (secondary N) is 2. The summed E-state index contributed by atoms with van der Waals surface area (Å²) >= 11 is 6.44. The summed E-state index contributed by atoms with van der Waals surface area (Å²) in [6, 6.07) is 13.0. The molecule has 1 amide bonds. The molecular weight excluding hydrogens is 456 g/mol. The van der Waals surface area contributed by atoms with Gasteiger partial charge < -0.3 is 24.8 Å². The molecule has 0 spiro atoms. The lowest BCUT2D eigenvalue weighted by molar-refractivity contribution is 0.0770. The van der Waals surface area contributed by atoms with Gasteiger partial charge in [0.1, 0.15) is 18.1 Å². The molecule has 2 aromatic carbocycles. The third-order valence-corrected chi connectivity index (χ3v) is 6.01. The van der Waals surface area contributed by atoms with Gasteiger partial charge in [0, 0.05) is 49.7 Å². The lowest BCUT2D eigenvalue weighted by Gasteiger charge is -2.23. The maximum Gasteiger partial charge on any atom is 0.255 e. The van der Waals surface area contributed by atoms with Gasteiger partial charge >= 0.3 is 0 Å². The normalized spacial score (nSPS) is 14.1. The van der Waals surface area contributed by atoms with Crippen LogP contribution in [0.5, 0.6) is 11.5 Å². The number of anilines is 1. The zero-order valence-corrected chi connectivity index (χ0v) is 20.1. The van der Waals surface area contributed by atoms with Crippen molar-refractivity contribution < 1.29 is 19.0 Å². The van der Waals surface area contributed by atoms with E-state index in [-0.39, 0.29) is 5.91 Å². The van der Waals surface area contributed by atoms with Crippen molar-refractivity contribution in [2.75, 3.05) is 38.8 Å². The molecule has 9 heteroatoms. The van der Waals surface area contributed by atoms with Crippen LogP contribution in [0.3, 0.4) is 0 Å². The summed E-state index contributed by atoms with van der Waals surface area (Å²) in [6.45, 7) is 2.81. The average molecular weight is 485 g/mol. The van der Waals surface area contributed by atoms with Crippen molar-refractivity contribution in [3.63, 3.8) is 0 Å². The number of rotatable bonds is 9. The van der Waals surface area contributed by atoms with Gasteiger partial charge in [0.05, 0.1) is 24.0 Å². The van der Waals surface area contributed by atoms with Gasteiger partial charge in [-0.05, 0) is 49.2 Å². The Morgan fingerprint density at radius 2 is 2.06 bits per heavy atom. The molecule has 1 aromatic heterocycles.